The number of fused-ring (bicyclic) bond motifs is 1. The molecule has 0 amide bonds. The Morgan fingerprint density at radius 1 is 1.28 bits per heavy atom. The highest BCUT2D eigenvalue weighted by molar-refractivity contribution is 6.35. The lowest BCUT2D eigenvalue weighted by Crippen LogP contribution is -2.41. The van der Waals surface area contributed by atoms with Crippen molar-refractivity contribution in [2.75, 3.05) is 38.2 Å². The topological polar surface area (TPSA) is 66.1 Å². The number of pyridine rings is 2. The molecule has 130 valence electrons. The molecule has 3 aromatic heterocycles. The molecule has 4 heterocycles. The molecule has 0 unspecified atom stereocenters. The number of aromatic nitrogens is 3. The number of aromatic amines is 1. The second-order valence-electron chi connectivity index (χ2n) is 6.03. The summed E-state index contributed by atoms with van der Waals surface area (Å²) in [6.45, 7) is 4.00. The van der Waals surface area contributed by atoms with Crippen LogP contribution in [0.3, 0.4) is 0 Å². The van der Waals surface area contributed by atoms with Crippen LogP contribution >= 0.6 is 11.6 Å². The van der Waals surface area contributed by atoms with Crippen LogP contribution in [0.15, 0.2) is 42.7 Å². The summed E-state index contributed by atoms with van der Waals surface area (Å²) in [7, 11) is 0. The third kappa shape index (κ3) is 3.61. The van der Waals surface area contributed by atoms with Crippen molar-refractivity contribution in [1.29, 1.82) is 0 Å². The molecule has 4 rings (SSSR count). The zero-order chi connectivity index (χ0) is 17.1. The lowest BCUT2D eigenvalue weighted by atomic mass is 10.1. The Balaban J connectivity index is 1.55. The van der Waals surface area contributed by atoms with E-state index in [9.17, 15) is 0 Å². The van der Waals surface area contributed by atoms with Crippen molar-refractivity contribution in [2.45, 2.75) is 6.04 Å². The van der Waals surface area contributed by atoms with E-state index >= 15 is 0 Å². The first-order chi connectivity index (χ1) is 12.3. The summed E-state index contributed by atoms with van der Waals surface area (Å²) in [6.07, 6.45) is 3.68. The van der Waals surface area contributed by atoms with Crippen molar-refractivity contribution in [3.8, 4) is 0 Å². The molecule has 1 aliphatic heterocycles. The van der Waals surface area contributed by atoms with Crippen LogP contribution in [0.5, 0.6) is 0 Å². The van der Waals surface area contributed by atoms with Gasteiger partial charge in [-0.3, -0.25) is 9.88 Å². The fourth-order valence-corrected chi connectivity index (χ4v) is 3.43. The van der Waals surface area contributed by atoms with Crippen LogP contribution in [0, 0.1) is 0 Å². The number of nitrogens with one attached hydrogen (secondary N) is 2. The van der Waals surface area contributed by atoms with Gasteiger partial charge in [0.2, 0.25) is 0 Å². The molecule has 1 fully saturated rings. The first-order valence-corrected chi connectivity index (χ1v) is 8.79. The first kappa shape index (κ1) is 16.3. The molecular weight excluding hydrogens is 338 g/mol. The maximum atomic E-state index is 6.35. The number of morpholine rings is 1. The first-order valence-electron chi connectivity index (χ1n) is 8.41. The minimum Gasteiger partial charge on any atom is -0.379 e. The van der Waals surface area contributed by atoms with Gasteiger partial charge in [0, 0.05) is 37.4 Å². The molecule has 2 N–H and O–H groups in total. The second-order valence-corrected chi connectivity index (χ2v) is 6.44. The number of anilines is 1. The molecule has 0 aromatic carbocycles. The molecule has 25 heavy (non-hydrogen) atoms. The zero-order valence-corrected chi connectivity index (χ0v) is 14.5. The molecular formula is C18H20ClN5O. The third-order valence-corrected chi connectivity index (χ3v) is 4.78. The smallest absolute Gasteiger partial charge is 0.141 e. The van der Waals surface area contributed by atoms with Gasteiger partial charge in [-0.05, 0) is 24.3 Å². The fraction of sp³-hybridized carbons (Fsp3) is 0.333. The normalized spacial score (nSPS) is 16.8. The van der Waals surface area contributed by atoms with Crippen molar-refractivity contribution in [2.24, 2.45) is 0 Å². The molecule has 0 saturated carbocycles. The summed E-state index contributed by atoms with van der Waals surface area (Å²) in [5.41, 5.74) is 1.83. The summed E-state index contributed by atoms with van der Waals surface area (Å²) < 4.78 is 5.49. The number of nitrogens with zero attached hydrogens (tertiary/aromatic N) is 3. The van der Waals surface area contributed by atoms with Crippen LogP contribution in [0.25, 0.3) is 11.0 Å². The van der Waals surface area contributed by atoms with Crippen LogP contribution in [-0.2, 0) is 4.74 Å². The van der Waals surface area contributed by atoms with Crippen LogP contribution in [-0.4, -0.2) is 52.7 Å². The van der Waals surface area contributed by atoms with E-state index in [2.05, 4.69) is 31.2 Å². The van der Waals surface area contributed by atoms with E-state index in [0.29, 0.717) is 11.6 Å². The van der Waals surface area contributed by atoms with Gasteiger partial charge in [-0.2, -0.15) is 0 Å². The van der Waals surface area contributed by atoms with E-state index < -0.39 is 0 Å². The van der Waals surface area contributed by atoms with Gasteiger partial charge in [-0.25, -0.2) is 4.98 Å². The fourth-order valence-electron chi connectivity index (χ4n) is 3.17. The highest BCUT2D eigenvalue weighted by atomic mass is 35.5. The van der Waals surface area contributed by atoms with Crippen molar-refractivity contribution >= 4 is 28.5 Å². The lowest BCUT2D eigenvalue weighted by Gasteiger charge is -2.34. The Hall–Kier alpha value is -2.15. The standard InChI is InChI=1S/C18H20ClN5O/c19-14-11-17(23-18-13(14)4-6-21-18)22-12-16(15-3-1-2-5-20-15)24-7-9-25-10-8-24/h1-6,11,16H,7-10,12H2,(H2,21,22,23)/t16-/m0/s1. The molecule has 1 atom stereocenters. The Morgan fingerprint density at radius 3 is 2.96 bits per heavy atom. The van der Waals surface area contributed by atoms with E-state index in [0.717, 1.165) is 48.8 Å². The molecule has 7 heteroatoms. The summed E-state index contributed by atoms with van der Waals surface area (Å²) in [5.74, 6) is 0.758. The van der Waals surface area contributed by atoms with Crippen LogP contribution in [0.1, 0.15) is 11.7 Å². The molecule has 0 aliphatic carbocycles. The Labute approximate surface area is 151 Å². The number of rotatable bonds is 5. The zero-order valence-electron chi connectivity index (χ0n) is 13.8. The number of hydrogen-bond acceptors (Lipinski definition) is 5. The van der Waals surface area contributed by atoms with E-state index in [1.54, 1.807) is 0 Å². The number of halogens is 1. The highest BCUT2D eigenvalue weighted by Crippen LogP contribution is 2.26. The summed E-state index contributed by atoms with van der Waals surface area (Å²) in [4.78, 5) is 14.6. The maximum Gasteiger partial charge on any atom is 0.141 e. The number of H-pyrrole nitrogens is 1. The van der Waals surface area contributed by atoms with Crippen LogP contribution in [0.2, 0.25) is 5.02 Å². The van der Waals surface area contributed by atoms with Crippen molar-refractivity contribution in [3.63, 3.8) is 0 Å². The molecule has 0 bridgehead atoms. The van der Waals surface area contributed by atoms with E-state index in [4.69, 9.17) is 16.3 Å². The van der Waals surface area contributed by atoms with Crippen molar-refractivity contribution in [1.82, 2.24) is 19.9 Å². The molecule has 1 saturated heterocycles. The molecule has 6 nitrogen and oxygen atoms in total. The quantitative estimate of drug-likeness (QED) is 0.734. The monoisotopic (exact) mass is 357 g/mol. The SMILES string of the molecule is Clc1cc(NC[C@@H](c2ccccn2)N2CCOCC2)nc2[nH]ccc12. The van der Waals surface area contributed by atoms with Crippen molar-refractivity contribution < 1.29 is 4.74 Å². The second kappa shape index (κ2) is 7.39. The van der Waals surface area contributed by atoms with Crippen LogP contribution < -0.4 is 5.32 Å². The summed E-state index contributed by atoms with van der Waals surface area (Å²) >= 11 is 6.35. The Bertz CT molecular complexity index is 832. The number of ether oxygens (including phenoxy) is 1. The van der Waals surface area contributed by atoms with Gasteiger partial charge in [0.05, 0.1) is 30.0 Å². The third-order valence-electron chi connectivity index (χ3n) is 4.47. The predicted octanol–water partition coefficient (Wildman–Crippen LogP) is 3.10. The molecule has 0 spiro atoms. The van der Waals surface area contributed by atoms with Gasteiger partial charge in [-0.15, -0.1) is 0 Å². The number of hydrogen-bond donors (Lipinski definition) is 2. The molecule has 0 radical (unpaired) electrons. The largest absolute Gasteiger partial charge is 0.379 e. The molecule has 1 aliphatic rings. The van der Waals surface area contributed by atoms with Gasteiger partial charge >= 0.3 is 0 Å². The van der Waals surface area contributed by atoms with Crippen LogP contribution in [0.4, 0.5) is 5.82 Å². The Kier molecular flexibility index (Phi) is 4.83. The maximum absolute atomic E-state index is 6.35. The van der Waals surface area contributed by atoms with E-state index in [1.165, 1.54) is 0 Å². The Morgan fingerprint density at radius 2 is 2.16 bits per heavy atom. The summed E-state index contributed by atoms with van der Waals surface area (Å²) in [6, 6.07) is 9.98. The van der Waals surface area contributed by atoms with Gasteiger partial charge in [0.1, 0.15) is 11.5 Å². The average molecular weight is 358 g/mol. The average Bonchev–Trinajstić information content (AvgIpc) is 3.13. The van der Waals surface area contributed by atoms with E-state index in [-0.39, 0.29) is 6.04 Å². The summed E-state index contributed by atoms with van der Waals surface area (Å²) in [5, 5.41) is 5.05. The van der Waals surface area contributed by atoms with Crippen molar-refractivity contribution in [3.05, 3.63) is 53.4 Å². The molecule has 3 aromatic rings. The van der Waals surface area contributed by atoms with Gasteiger partial charge in [0.25, 0.3) is 0 Å². The minimum absolute atomic E-state index is 0.157. The lowest BCUT2D eigenvalue weighted by molar-refractivity contribution is 0.0179. The van der Waals surface area contributed by atoms with Gasteiger partial charge in [0.15, 0.2) is 0 Å². The predicted molar refractivity (Wildman–Crippen MR) is 99.0 cm³/mol. The van der Waals surface area contributed by atoms with Gasteiger partial charge in [-0.1, -0.05) is 17.7 Å². The minimum atomic E-state index is 0.157. The van der Waals surface area contributed by atoms with E-state index in [1.807, 2.05) is 36.7 Å². The van der Waals surface area contributed by atoms with Gasteiger partial charge < -0.3 is 15.0 Å². The highest BCUT2D eigenvalue weighted by Gasteiger charge is 2.23.